The Bertz CT molecular complexity index is 908. The van der Waals surface area contributed by atoms with Gasteiger partial charge >= 0.3 is 0 Å². The molecule has 0 saturated carbocycles. The van der Waals surface area contributed by atoms with Gasteiger partial charge in [0.1, 0.15) is 5.82 Å². The number of rotatable bonds is 3. The Balaban J connectivity index is 0.000000271. The van der Waals surface area contributed by atoms with Crippen LogP contribution in [-0.2, 0) is 0 Å². The van der Waals surface area contributed by atoms with Gasteiger partial charge in [-0.1, -0.05) is 56.1 Å². The number of halogens is 7. The number of thioether (sulfide) groups is 1. The summed E-state index contributed by atoms with van der Waals surface area (Å²) in [5.41, 5.74) is -0.964. The number of alkyl halides is 4. The maximum absolute atomic E-state index is 13.1. The van der Waals surface area contributed by atoms with Gasteiger partial charge in [0, 0.05) is 19.4 Å². The summed E-state index contributed by atoms with van der Waals surface area (Å²) in [6.07, 6.45) is -3.80. The zero-order valence-electron chi connectivity index (χ0n) is 13.4. The molecular weight excluding hydrogens is 519 g/mol. The van der Waals surface area contributed by atoms with Crippen LogP contribution < -0.4 is 0 Å². The van der Waals surface area contributed by atoms with Crippen molar-refractivity contribution in [2.24, 2.45) is 0 Å². The summed E-state index contributed by atoms with van der Waals surface area (Å²) in [5.74, 6) is -1.15. The lowest BCUT2D eigenvalue weighted by Gasteiger charge is -2.10. The van der Waals surface area contributed by atoms with Gasteiger partial charge in [-0.15, -0.1) is 11.8 Å². The maximum Gasteiger partial charge on any atom is 0.266 e. The Labute approximate surface area is 173 Å². The summed E-state index contributed by atoms with van der Waals surface area (Å²) in [6, 6.07) is 5.40. The highest BCUT2D eigenvalue weighted by molar-refractivity contribution is 9.10. The number of hydrogen-bond acceptors (Lipinski definition) is 1. The van der Waals surface area contributed by atoms with Crippen LogP contribution in [0.15, 0.2) is 38.1 Å². The first-order chi connectivity index (χ1) is 12.7. The van der Waals surface area contributed by atoms with Gasteiger partial charge in [0.2, 0.25) is 11.4 Å². The molecule has 2 aromatic carbocycles. The van der Waals surface area contributed by atoms with E-state index in [1.54, 1.807) is 6.26 Å². The van der Waals surface area contributed by atoms with E-state index in [2.05, 4.69) is 41.5 Å². The van der Waals surface area contributed by atoms with Crippen molar-refractivity contribution in [3.05, 3.63) is 73.0 Å². The predicted octanol–water partition coefficient (Wildman–Crippen LogP) is 8.74. The van der Waals surface area contributed by atoms with Crippen molar-refractivity contribution < 1.29 is 22.0 Å². The molecule has 0 amide bonds. The van der Waals surface area contributed by atoms with Crippen molar-refractivity contribution in [3.8, 4) is 0 Å². The molecule has 27 heavy (non-hydrogen) atoms. The number of benzene rings is 2. The second-order valence-corrected chi connectivity index (χ2v) is 7.16. The minimum atomic E-state index is -2.92. The Morgan fingerprint density at radius 1 is 0.852 bits per heavy atom. The van der Waals surface area contributed by atoms with Crippen molar-refractivity contribution in [2.75, 3.05) is 6.26 Å². The first-order valence-electron chi connectivity index (χ1n) is 6.85. The van der Waals surface area contributed by atoms with Crippen LogP contribution in [0.25, 0.3) is 9.69 Å². The minimum absolute atomic E-state index is 0.0209. The van der Waals surface area contributed by atoms with Crippen molar-refractivity contribution >= 4 is 55.0 Å². The topological polar surface area (TPSA) is 8.72 Å². The molecule has 142 valence electrons. The lowest BCUT2D eigenvalue weighted by atomic mass is 10.2. The van der Waals surface area contributed by atoms with Crippen LogP contribution in [0.4, 0.5) is 33.3 Å². The summed E-state index contributed by atoms with van der Waals surface area (Å²) in [7, 11) is 0. The first-order valence-corrected chi connectivity index (χ1v) is 9.66. The van der Waals surface area contributed by atoms with E-state index in [1.807, 2.05) is 0 Å². The molecule has 0 bridgehead atoms. The Morgan fingerprint density at radius 3 is 1.70 bits per heavy atom. The molecular formula is C17H9Br2F5N2S. The van der Waals surface area contributed by atoms with Crippen LogP contribution in [0, 0.1) is 19.0 Å². The zero-order chi connectivity index (χ0) is 20.7. The van der Waals surface area contributed by atoms with Crippen LogP contribution >= 0.6 is 43.6 Å². The lowest BCUT2D eigenvalue weighted by molar-refractivity contribution is 0.145. The van der Waals surface area contributed by atoms with Crippen LogP contribution in [0.3, 0.4) is 0 Å². The zero-order valence-corrected chi connectivity index (χ0v) is 17.4. The fraction of sp³-hybridized carbons (Fsp3) is 0.176. The maximum atomic E-state index is 13.1. The molecule has 10 heteroatoms. The molecule has 0 radical (unpaired) electrons. The third-order valence-electron chi connectivity index (χ3n) is 3.11. The molecule has 0 aliphatic carbocycles. The van der Waals surface area contributed by atoms with Crippen LogP contribution in [0.2, 0.25) is 0 Å². The molecule has 2 aromatic rings. The Morgan fingerprint density at radius 2 is 1.30 bits per heavy atom. The highest BCUT2D eigenvalue weighted by Gasteiger charge is 2.20. The third-order valence-corrected chi connectivity index (χ3v) is 5.33. The summed E-state index contributed by atoms with van der Waals surface area (Å²) >= 11 is 7.01. The molecule has 2 nitrogen and oxygen atoms in total. The highest BCUT2D eigenvalue weighted by Crippen LogP contribution is 2.41. The molecule has 0 aliphatic heterocycles. The van der Waals surface area contributed by atoms with E-state index in [0.29, 0.717) is 9.37 Å². The quantitative estimate of drug-likeness (QED) is 0.220. The SMILES string of the molecule is [C-]#[N+]c1ccc(Br)c(C(F)F)c1F.[C-]#[N+]c1ccc(Br)c(C(F)F)c1SC. The molecule has 0 atom stereocenters. The lowest BCUT2D eigenvalue weighted by Crippen LogP contribution is -1.92. The minimum Gasteiger partial charge on any atom is -0.237 e. The molecule has 0 spiro atoms. The summed E-state index contributed by atoms with van der Waals surface area (Å²) in [5, 5.41) is 0. The molecule has 0 aliphatic rings. The van der Waals surface area contributed by atoms with E-state index in [1.165, 1.54) is 30.0 Å². The molecule has 0 heterocycles. The van der Waals surface area contributed by atoms with E-state index in [4.69, 9.17) is 13.1 Å². The molecule has 0 fully saturated rings. The van der Waals surface area contributed by atoms with Gasteiger partial charge < -0.3 is 0 Å². The third kappa shape index (κ3) is 5.68. The van der Waals surface area contributed by atoms with Crippen molar-refractivity contribution in [1.29, 1.82) is 0 Å². The van der Waals surface area contributed by atoms with E-state index in [9.17, 15) is 22.0 Å². The monoisotopic (exact) mass is 526 g/mol. The smallest absolute Gasteiger partial charge is 0.237 e. The fourth-order valence-corrected chi connectivity index (χ4v) is 3.77. The van der Waals surface area contributed by atoms with Gasteiger partial charge in [0.25, 0.3) is 12.9 Å². The number of hydrogen-bond donors (Lipinski definition) is 0. The average Bonchev–Trinajstić information content (AvgIpc) is 2.61. The fourth-order valence-electron chi connectivity index (χ4n) is 1.91. The molecule has 0 N–H and O–H groups in total. The van der Waals surface area contributed by atoms with Gasteiger partial charge in [-0.2, -0.15) is 0 Å². The molecule has 0 saturated heterocycles. The standard InChI is InChI=1S/C9H6BrF2NS.C8H3BrF3N/c1-13-6-4-3-5(10)7(9(11)12)8(6)14-2;1-13-5-3-2-4(9)6(7(5)10)8(11)12/h3-4,9H,2H3;2-3,8H. The van der Waals surface area contributed by atoms with E-state index >= 15 is 0 Å². The van der Waals surface area contributed by atoms with Crippen molar-refractivity contribution in [3.63, 3.8) is 0 Å². The van der Waals surface area contributed by atoms with Crippen molar-refractivity contribution in [1.82, 2.24) is 0 Å². The molecule has 2 rings (SSSR count). The summed E-state index contributed by atoms with van der Waals surface area (Å²) in [4.78, 5) is 6.33. The van der Waals surface area contributed by atoms with Gasteiger partial charge in [-0.25, -0.2) is 31.6 Å². The summed E-state index contributed by atoms with van der Waals surface area (Å²) in [6.45, 7) is 13.4. The van der Waals surface area contributed by atoms with Gasteiger partial charge in [0.15, 0.2) is 0 Å². The molecule has 0 aromatic heterocycles. The predicted molar refractivity (Wildman–Crippen MR) is 102 cm³/mol. The molecule has 0 unspecified atom stereocenters. The van der Waals surface area contributed by atoms with E-state index in [-0.39, 0.29) is 15.7 Å². The highest BCUT2D eigenvalue weighted by atomic mass is 79.9. The van der Waals surface area contributed by atoms with E-state index in [0.717, 1.165) is 6.07 Å². The van der Waals surface area contributed by atoms with Crippen molar-refractivity contribution in [2.45, 2.75) is 17.7 Å². The largest absolute Gasteiger partial charge is 0.266 e. The second-order valence-electron chi connectivity index (χ2n) is 4.63. The average molecular weight is 528 g/mol. The van der Waals surface area contributed by atoms with Gasteiger partial charge in [0.05, 0.1) is 18.7 Å². The van der Waals surface area contributed by atoms with Gasteiger partial charge in [-0.3, -0.25) is 0 Å². The normalized spacial score (nSPS) is 10.2. The van der Waals surface area contributed by atoms with Gasteiger partial charge in [-0.05, 0) is 6.26 Å². The first kappa shape index (κ1) is 23.4. The number of nitrogens with zero attached hydrogens (tertiary/aromatic N) is 2. The van der Waals surface area contributed by atoms with E-state index < -0.39 is 29.9 Å². The Hall–Kier alpha value is -1.62. The van der Waals surface area contributed by atoms with Crippen LogP contribution in [0.5, 0.6) is 0 Å². The summed E-state index contributed by atoms with van der Waals surface area (Å²) < 4.78 is 63.1. The van der Waals surface area contributed by atoms with Crippen LogP contribution in [0.1, 0.15) is 24.0 Å². The Kier molecular flexibility index (Phi) is 9.23. The second kappa shape index (κ2) is 10.6. The van der Waals surface area contributed by atoms with Crippen LogP contribution in [-0.4, -0.2) is 6.26 Å².